The molecule has 0 N–H and O–H groups in total. The Balaban J connectivity index is 3.24. The number of hydrogen-bond acceptors (Lipinski definition) is 2. The number of non-ortho nitro benzene ring substituents is 1. The maximum Gasteiger partial charge on any atom is 0.270 e. The van der Waals surface area contributed by atoms with Gasteiger partial charge in [-0.15, -0.1) is 5.92 Å². The summed E-state index contributed by atoms with van der Waals surface area (Å²) in [5.74, 6) is 5.32. The van der Waals surface area contributed by atoms with Crippen LogP contribution in [-0.2, 0) is 0 Å². The molecule has 0 aromatic heterocycles. The van der Waals surface area contributed by atoms with Crippen molar-refractivity contribution in [3.05, 3.63) is 38.9 Å². The molecule has 0 aliphatic carbocycles. The first-order valence-electron chi connectivity index (χ1n) is 3.52. The Bertz CT molecular complexity index is 404. The first-order valence-corrected chi connectivity index (χ1v) is 3.89. The number of nitrogens with zero attached hydrogens (tertiary/aromatic N) is 1. The summed E-state index contributed by atoms with van der Waals surface area (Å²) in [5, 5.41) is 10.8. The second-order valence-corrected chi connectivity index (χ2v) is 2.70. The second-order valence-electron chi connectivity index (χ2n) is 2.30. The van der Waals surface area contributed by atoms with Gasteiger partial charge in [0.05, 0.1) is 9.95 Å². The van der Waals surface area contributed by atoms with Gasteiger partial charge in [-0.05, 0) is 13.0 Å². The normalized spacial score (nSPS) is 8.77. The maximum atomic E-state index is 10.4. The fraction of sp³-hybridized carbons (Fsp3) is 0.111. The van der Waals surface area contributed by atoms with Crippen molar-refractivity contribution in [2.45, 2.75) is 6.92 Å². The summed E-state index contributed by atoms with van der Waals surface area (Å²) in [6.07, 6.45) is 0. The average Bonchev–Trinajstić information content (AvgIpc) is 2.08. The van der Waals surface area contributed by atoms with Gasteiger partial charge in [-0.2, -0.15) is 0 Å². The zero-order chi connectivity index (χ0) is 9.84. The smallest absolute Gasteiger partial charge is 0.258 e. The first-order chi connectivity index (χ1) is 6.15. The molecule has 1 rings (SSSR count). The molecule has 0 bridgehead atoms. The molecule has 0 fully saturated rings. The predicted octanol–water partition coefficient (Wildman–Crippen LogP) is 2.62. The Kier molecular flexibility index (Phi) is 2.88. The SMILES string of the molecule is CC#Cc1cc([N+](=O)[O-])ccc1Cl. The van der Waals surface area contributed by atoms with Gasteiger partial charge in [0.2, 0.25) is 0 Å². The number of rotatable bonds is 1. The van der Waals surface area contributed by atoms with E-state index in [1.54, 1.807) is 6.92 Å². The Morgan fingerprint density at radius 1 is 1.54 bits per heavy atom. The highest BCUT2D eigenvalue weighted by Gasteiger charge is 2.07. The Morgan fingerprint density at radius 3 is 2.77 bits per heavy atom. The molecule has 0 saturated heterocycles. The minimum absolute atomic E-state index is 0.00199. The minimum atomic E-state index is -0.475. The monoisotopic (exact) mass is 195 g/mol. The number of nitro benzene ring substituents is 1. The lowest BCUT2D eigenvalue weighted by Crippen LogP contribution is -1.88. The quantitative estimate of drug-likeness (QED) is 0.393. The average molecular weight is 196 g/mol. The van der Waals surface area contributed by atoms with E-state index in [1.165, 1.54) is 18.2 Å². The molecule has 1 aromatic carbocycles. The molecule has 66 valence electrons. The largest absolute Gasteiger partial charge is 0.270 e. The fourth-order valence-electron chi connectivity index (χ4n) is 0.857. The van der Waals surface area contributed by atoms with Crippen LogP contribution in [0, 0.1) is 22.0 Å². The van der Waals surface area contributed by atoms with Crippen molar-refractivity contribution in [2.75, 3.05) is 0 Å². The lowest BCUT2D eigenvalue weighted by Gasteiger charge is -1.95. The standard InChI is InChI=1S/C9H6ClNO2/c1-2-3-7-6-8(11(12)13)4-5-9(7)10/h4-6H,1H3. The summed E-state index contributed by atoms with van der Waals surface area (Å²) in [7, 11) is 0. The topological polar surface area (TPSA) is 43.1 Å². The Morgan fingerprint density at radius 2 is 2.23 bits per heavy atom. The molecule has 1 aromatic rings. The third-order valence-corrected chi connectivity index (χ3v) is 1.75. The van der Waals surface area contributed by atoms with E-state index in [9.17, 15) is 10.1 Å². The highest BCUT2D eigenvalue weighted by atomic mass is 35.5. The van der Waals surface area contributed by atoms with Crippen LogP contribution in [0.3, 0.4) is 0 Å². The molecule has 4 heteroatoms. The van der Waals surface area contributed by atoms with E-state index >= 15 is 0 Å². The van der Waals surface area contributed by atoms with Crippen LogP contribution in [0.5, 0.6) is 0 Å². The number of benzene rings is 1. The van der Waals surface area contributed by atoms with Crippen LogP contribution >= 0.6 is 11.6 Å². The third kappa shape index (κ3) is 2.20. The highest BCUT2D eigenvalue weighted by molar-refractivity contribution is 6.31. The van der Waals surface area contributed by atoms with E-state index in [2.05, 4.69) is 11.8 Å². The molecule has 0 atom stereocenters. The summed E-state index contributed by atoms with van der Waals surface area (Å²) in [4.78, 5) is 9.91. The van der Waals surface area contributed by atoms with Crippen molar-refractivity contribution in [2.24, 2.45) is 0 Å². The van der Waals surface area contributed by atoms with Crippen LogP contribution in [0.1, 0.15) is 12.5 Å². The van der Waals surface area contributed by atoms with Gasteiger partial charge in [0.1, 0.15) is 0 Å². The van der Waals surface area contributed by atoms with Crippen LogP contribution in [-0.4, -0.2) is 4.92 Å². The summed E-state index contributed by atoms with van der Waals surface area (Å²) in [6.45, 7) is 1.65. The van der Waals surface area contributed by atoms with E-state index < -0.39 is 4.92 Å². The van der Waals surface area contributed by atoms with Crippen molar-refractivity contribution in [3.63, 3.8) is 0 Å². The maximum absolute atomic E-state index is 10.4. The third-order valence-electron chi connectivity index (χ3n) is 1.42. The predicted molar refractivity (Wildman–Crippen MR) is 50.7 cm³/mol. The van der Waals surface area contributed by atoms with Crippen molar-refractivity contribution >= 4 is 17.3 Å². The van der Waals surface area contributed by atoms with Gasteiger partial charge < -0.3 is 0 Å². The van der Waals surface area contributed by atoms with Crippen molar-refractivity contribution in [3.8, 4) is 11.8 Å². The van der Waals surface area contributed by atoms with Gasteiger partial charge in [0.25, 0.3) is 5.69 Å². The number of hydrogen-bond donors (Lipinski definition) is 0. The number of halogens is 1. The Labute approximate surface area is 80.5 Å². The minimum Gasteiger partial charge on any atom is -0.258 e. The van der Waals surface area contributed by atoms with E-state index in [4.69, 9.17) is 11.6 Å². The molecule has 0 aliphatic heterocycles. The van der Waals surface area contributed by atoms with E-state index in [1.807, 2.05) is 0 Å². The van der Waals surface area contributed by atoms with Crippen molar-refractivity contribution in [1.29, 1.82) is 0 Å². The zero-order valence-corrected chi connectivity index (χ0v) is 7.63. The second kappa shape index (κ2) is 3.92. The first kappa shape index (κ1) is 9.56. The number of nitro groups is 1. The van der Waals surface area contributed by atoms with Crippen LogP contribution in [0.25, 0.3) is 0 Å². The molecule has 0 radical (unpaired) electrons. The van der Waals surface area contributed by atoms with Crippen molar-refractivity contribution < 1.29 is 4.92 Å². The summed E-state index contributed by atoms with van der Waals surface area (Å²) in [5.41, 5.74) is 0.487. The Hall–Kier alpha value is -1.53. The highest BCUT2D eigenvalue weighted by Crippen LogP contribution is 2.20. The molecule has 3 nitrogen and oxygen atoms in total. The molecule has 13 heavy (non-hydrogen) atoms. The molecule has 0 saturated carbocycles. The zero-order valence-electron chi connectivity index (χ0n) is 6.87. The van der Waals surface area contributed by atoms with E-state index in [0.29, 0.717) is 10.6 Å². The van der Waals surface area contributed by atoms with Gasteiger partial charge in [0, 0.05) is 17.7 Å². The molecule has 0 unspecified atom stereocenters. The molecule has 0 aliphatic rings. The molecular formula is C9H6ClNO2. The lowest BCUT2D eigenvalue weighted by molar-refractivity contribution is -0.384. The van der Waals surface area contributed by atoms with Crippen LogP contribution in [0.4, 0.5) is 5.69 Å². The van der Waals surface area contributed by atoms with Crippen molar-refractivity contribution in [1.82, 2.24) is 0 Å². The lowest BCUT2D eigenvalue weighted by atomic mass is 10.2. The summed E-state index contributed by atoms with van der Waals surface area (Å²) < 4.78 is 0. The molecule has 0 spiro atoms. The summed E-state index contributed by atoms with van der Waals surface area (Å²) in [6, 6.07) is 4.18. The van der Waals surface area contributed by atoms with Crippen LogP contribution < -0.4 is 0 Å². The molecule has 0 heterocycles. The molecule has 0 amide bonds. The van der Waals surface area contributed by atoms with Crippen LogP contribution in [0.2, 0.25) is 5.02 Å². The van der Waals surface area contributed by atoms with Gasteiger partial charge in [0.15, 0.2) is 0 Å². The fourth-order valence-corrected chi connectivity index (χ4v) is 1.02. The van der Waals surface area contributed by atoms with Gasteiger partial charge >= 0.3 is 0 Å². The van der Waals surface area contributed by atoms with Gasteiger partial charge in [-0.25, -0.2) is 0 Å². The van der Waals surface area contributed by atoms with E-state index in [-0.39, 0.29) is 5.69 Å². The van der Waals surface area contributed by atoms with Crippen LogP contribution in [0.15, 0.2) is 18.2 Å². The summed E-state index contributed by atoms with van der Waals surface area (Å²) >= 11 is 5.75. The van der Waals surface area contributed by atoms with Gasteiger partial charge in [-0.3, -0.25) is 10.1 Å². The molecular weight excluding hydrogens is 190 g/mol. The van der Waals surface area contributed by atoms with Gasteiger partial charge in [-0.1, -0.05) is 17.5 Å². The van der Waals surface area contributed by atoms with E-state index in [0.717, 1.165) is 0 Å².